The predicted molar refractivity (Wildman–Crippen MR) is 94.5 cm³/mol. The van der Waals surface area contributed by atoms with Crippen LogP contribution in [-0.2, 0) is 4.79 Å². The Morgan fingerprint density at radius 2 is 2.08 bits per heavy atom. The van der Waals surface area contributed by atoms with Crippen molar-refractivity contribution >= 4 is 17.7 Å². The van der Waals surface area contributed by atoms with E-state index in [-0.39, 0.29) is 11.3 Å². The van der Waals surface area contributed by atoms with Gasteiger partial charge in [0.2, 0.25) is 0 Å². The van der Waals surface area contributed by atoms with E-state index in [0.29, 0.717) is 29.4 Å². The molecule has 0 aliphatic rings. The Morgan fingerprint density at radius 3 is 2.76 bits per heavy atom. The maximum Gasteiger partial charge on any atom is 0.266 e. The van der Waals surface area contributed by atoms with E-state index >= 15 is 0 Å². The van der Waals surface area contributed by atoms with Crippen LogP contribution in [0.1, 0.15) is 12.5 Å². The fourth-order valence-electron chi connectivity index (χ4n) is 2.12. The van der Waals surface area contributed by atoms with E-state index in [0.717, 1.165) is 0 Å². The molecule has 2 N–H and O–H groups in total. The molecule has 1 amide bonds. The van der Waals surface area contributed by atoms with Crippen LogP contribution in [-0.4, -0.2) is 24.7 Å². The number of nitriles is 1. The predicted octanol–water partition coefficient (Wildman–Crippen LogP) is 3.35. The number of phenolic OH excluding ortho intramolecular Hbond substituents is 1. The van der Waals surface area contributed by atoms with Crippen LogP contribution in [0.25, 0.3) is 6.08 Å². The highest BCUT2D eigenvalue weighted by molar-refractivity contribution is 6.10. The molecule has 2 aromatic carbocycles. The first-order chi connectivity index (χ1) is 12.1. The van der Waals surface area contributed by atoms with Crippen LogP contribution in [0, 0.1) is 11.3 Å². The van der Waals surface area contributed by atoms with E-state index < -0.39 is 5.91 Å². The van der Waals surface area contributed by atoms with Crippen molar-refractivity contribution in [2.45, 2.75) is 6.92 Å². The average molecular weight is 338 g/mol. The van der Waals surface area contributed by atoms with Crippen LogP contribution in [0.3, 0.4) is 0 Å². The normalized spacial score (nSPS) is 10.7. The van der Waals surface area contributed by atoms with Gasteiger partial charge in [0.15, 0.2) is 0 Å². The number of ether oxygens (including phenoxy) is 2. The van der Waals surface area contributed by atoms with Gasteiger partial charge in [-0.25, -0.2) is 0 Å². The molecule has 0 saturated heterocycles. The van der Waals surface area contributed by atoms with Crippen molar-refractivity contribution in [1.29, 1.82) is 5.26 Å². The molecule has 6 nitrogen and oxygen atoms in total. The molecule has 0 radical (unpaired) electrons. The number of nitrogens with one attached hydrogen (secondary N) is 1. The number of para-hydroxylation sites is 2. The summed E-state index contributed by atoms with van der Waals surface area (Å²) < 4.78 is 10.5. The number of amides is 1. The molecule has 0 spiro atoms. The number of phenols is 1. The summed E-state index contributed by atoms with van der Waals surface area (Å²) in [7, 11) is 1.49. The number of rotatable bonds is 6. The highest BCUT2D eigenvalue weighted by Gasteiger charge is 2.13. The van der Waals surface area contributed by atoms with Gasteiger partial charge in [-0.3, -0.25) is 4.79 Å². The lowest BCUT2D eigenvalue weighted by molar-refractivity contribution is -0.112. The van der Waals surface area contributed by atoms with E-state index in [4.69, 9.17) is 9.47 Å². The summed E-state index contributed by atoms with van der Waals surface area (Å²) in [4.78, 5) is 12.4. The maximum absolute atomic E-state index is 12.4. The van der Waals surface area contributed by atoms with E-state index in [1.807, 2.05) is 13.0 Å². The number of hydrogen-bond donors (Lipinski definition) is 2. The van der Waals surface area contributed by atoms with Crippen molar-refractivity contribution < 1.29 is 19.4 Å². The third-order valence-electron chi connectivity index (χ3n) is 3.33. The largest absolute Gasteiger partial charge is 0.507 e. The first-order valence-corrected chi connectivity index (χ1v) is 7.61. The van der Waals surface area contributed by atoms with Crippen LogP contribution in [0.4, 0.5) is 5.69 Å². The molecule has 2 aromatic rings. The van der Waals surface area contributed by atoms with Gasteiger partial charge in [-0.2, -0.15) is 5.26 Å². The second-order valence-electron chi connectivity index (χ2n) is 4.98. The summed E-state index contributed by atoms with van der Waals surface area (Å²) in [6.07, 6.45) is 1.30. The molecule has 25 heavy (non-hydrogen) atoms. The summed E-state index contributed by atoms with van der Waals surface area (Å²) in [5.41, 5.74) is 0.615. The van der Waals surface area contributed by atoms with E-state index in [1.165, 1.54) is 25.3 Å². The standard InChI is InChI=1S/C19H18N2O4/c1-3-25-18-7-5-4-6-16(18)21-19(23)14(12-20)10-13-11-15(24-2)8-9-17(13)22/h4-11,22H,3H2,1-2H3,(H,21,23)/b14-10+. The summed E-state index contributed by atoms with van der Waals surface area (Å²) >= 11 is 0. The summed E-state index contributed by atoms with van der Waals surface area (Å²) in [5, 5.41) is 21.8. The molecule has 128 valence electrons. The number of benzene rings is 2. The summed E-state index contributed by atoms with van der Waals surface area (Å²) in [6, 6.07) is 13.3. The molecule has 0 heterocycles. The van der Waals surface area contributed by atoms with Crippen LogP contribution >= 0.6 is 0 Å². The molecule has 0 unspecified atom stereocenters. The first kappa shape index (κ1) is 17.9. The quantitative estimate of drug-likeness (QED) is 0.622. The van der Waals surface area contributed by atoms with Gasteiger partial charge in [0, 0.05) is 5.56 Å². The number of hydrogen-bond acceptors (Lipinski definition) is 5. The number of nitrogens with zero attached hydrogens (tertiary/aromatic N) is 1. The molecule has 0 aliphatic carbocycles. The monoisotopic (exact) mass is 338 g/mol. The Bertz CT molecular complexity index is 838. The summed E-state index contributed by atoms with van der Waals surface area (Å²) in [5.74, 6) is 0.358. The third kappa shape index (κ3) is 4.52. The van der Waals surface area contributed by atoms with Crippen LogP contribution < -0.4 is 14.8 Å². The zero-order valence-corrected chi connectivity index (χ0v) is 13.9. The Hall–Kier alpha value is -3.46. The number of anilines is 1. The highest BCUT2D eigenvalue weighted by atomic mass is 16.5. The zero-order chi connectivity index (χ0) is 18.2. The minimum Gasteiger partial charge on any atom is -0.507 e. The molecule has 0 aliphatic heterocycles. The minimum absolute atomic E-state index is 0.0592. The number of aromatic hydroxyl groups is 1. The van der Waals surface area contributed by atoms with E-state index in [1.54, 1.807) is 30.3 Å². The lowest BCUT2D eigenvalue weighted by Gasteiger charge is -2.11. The van der Waals surface area contributed by atoms with Gasteiger partial charge in [-0.05, 0) is 43.3 Å². The first-order valence-electron chi connectivity index (χ1n) is 7.61. The minimum atomic E-state index is -0.600. The molecule has 0 atom stereocenters. The maximum atomic E-state index is 12.4. The second-order valence-corrected chi connectivity index (χ2v) is 4.98. The number of carbonyl (C=O) groups excluding carboxylic acids is 1. The lowest BCUT2D eigenvalue weighted by Crippen LogP contribution is -2.14. The van der Waals surface area contributed by atoms with Crippen molar-refractivity contribution in [2.75, 3.05) is 19.0 Å². The van der Waals surface area contributed by atoms with Gasteiger partial charge in [0.1, 0.15) is 28.9 Å². The Kier molecular flexibility index (Phi) is 6.02. The van der Waals surface area contributed by atoms with E-state index in [9.17, 15) is 15.2 Å². The third-order valence-corrected chi connectivity index (χ3v) is 3.33. The van der Waals surface area contributed by atoms with Crippen molar-refractivity contribution in [3.05, 3.63) is 53.6 Å². The van der Waals surface area contributed by atoms with Crippen molar-refractivity contribution in [3.63, 3.8) is 0 Å². The van der Waals surface area contributed by atoms with Gasteiger partial charge >= 0.3 is 0 Å². The molecule has 0 bridgehead atoms. The SMILES string of the molecule is CCOc1ccccc1NC(=O)/C(C#N)=C/c1cc(OC)ccc1O. The van der Waals surface area contributed by atoms with Crippen molar-refractivity contribution in [3.8, 4) is 23.3 Å². The molecule has 0 saturated carbocycles. The smallest absolute Gasteiger partial charge is 0.266 e. The fraction of sp³-hybridized carbons (Fsp3) is 0.158. The summed E-state index contributed by atoms with van der Waals surface area (Å²) in [6.45, 7) is 2.29. The molecular weight excluding hydrogens is 320 g/mol. The highest BCUT2D eigenvalue weighted by Crippen LogP contribution is 2.27. The van der Waals surface area contributed by atoms with Gasteiger partial charge < -0.3 is 19.9 Å². The van der Waals surface area contributed by atoms with E-state index in [2.05, 4.69) is 5.32 Å². The van der Waals surface area contributed by atoms with Crippen LogP contribution in [0.15, 0.2) is 48.0 Å². The molecule has 6 heteroatoms. The van der Waals surface area contributed by atoms with Crippen LogP contribution in [0.2, 0.25) is 0 Å². The second kappa shape index (κ2) is 8.41. The number of methoxy groups -OCH3 is 1. The Morgan fingerprint density at radius 1 is 1.32 bits per heavy atom. The van der Waals surface area contributed by atoms with Gasteiger partial charge in [0.25, 0.3) is 5.91 Å². The molecule has 0 aromatic heterocycles. The van der Waals surface area contributed by atoms with Gasteiger partial charge in [0.05, 0.1) is 19.4 Å². The fourth-order valence-corrected chi connectivity index (χ4v) is 2.12. The molecular formula is C19H18N2O4. The Balaban J connectivity index is 2.29. The molecule has 2 rings (SSSR count). The average Bonchev–Trinajstić information content (AvgIpc) is 2.62. The van der Waals surface area contributed by atoms with Gasteiger partial charge in [-0.15, -0.1) is 0 Å². The molecule has 0 fully saturated rings. The number of carbonyl (C=O) groups is 1. The lowest BCUT2D eigenvalue weighted by atomic mass is 10.1. The van der Waals surface area contributed by atoms with Gasteiger partial charge in [-0.1, -0.05) is 12.1 Å². The van der Waals surface area contributed by atoms with Crippen molar-refractivity contribution in [2.24, 2.45) is 0 Å². The Labute approximate surface area is 145 Å². The zero-order valence-electron chi connectivity index (χ0n) is 13.9. The van der Waals surface area contributed by atoms with Crippen LogP contribution in [0.5, 0.6) is 17.2 Å². The van der Waals surface area contributed by atoms with Crippen molar-refractivity contribution in [1.82, 2.24) is 0 Å². The topological polar surface area (TPSA) is 91.6 Å².